The second kappa shape index (κ2) is 9.49. The first-order valence-corrected chi connectivity index (χ1v) is 8.87. The van der Waals surface area contributed by atoms with Crippen LogP contribution in [0, 0.1) is 25.2 Å². The summed E-state index contributed by atoms with van der Waals surface area (Å²) in [6.07, 6.45) is 0. The molecule has 0 aliphatic heterocycles. The standard InChI is InChI=1S/C19H19N3O3S/c1-13-3-8-17(14(2)9-13)26-12-19(24)22-21-18(23)11-25-16-6-4-15(10-20)5-7-16/h3-9H,11-12H2,1-2H3,(H,21,23)(H,22,24). The Morgan fingerprint density at radius 3 is 2.42 bits per heavy atom. The second-order valence-electron chi connectivity index (χ2n) is 5.58. The smallest absolute Gasteiger partial charge is 0.276 e. The number of aryl methyl sites for hydroxylation is 2. The zero-order valence-corrected chi connectivity index (χ0v) is 15.4. The van der Waals surface area contributed by atoms with Crippen LogP contribution in [0.5, 0.6) is 5.75 Å². The first-order chi connectivity index (χ1) is 12.5. The van der Waals surface area contributed by atoms with Crippen molar-refractivity contribution in [1.29, 1.82) is 5.26 Å². The van der Waals surface area contributed by atoms with Gasteiger partial charge in [0.1, 0.15) is 5.75 Å². The number of carbonyl (C=O) groups excluding carboxylic acids is 2. The fraction of sp³-hybridized carbons (Fsp3) is 0.211. The molecule has 0 bridgehead atoms. The third kappa shape index (κ3) is 6.15. The second-order valence-corrected chi connectivity index (χ2v) is 6.60. The lowest BCUT2D eigenvalue weighted by Crippen LogP contribution is -2.44. The molecule has 134 valence electrons. The molecule has 6 nitrogen and oxygen atoms in total. The summed E-state index contributed by atoms with van der Waals surface area (Å²) >= 11 is 1.41. The van der Waals surface area contributed by atoms with Crippen molar-refractivity contribution in [2.75, 3.05) is 12.4 Å². The molecular weight excluding hydrogens is 350 g/mol. The van der Waals surface area contributed by atoms with E-state index >= 15 is 0 Å². The van der Waals surface area contributed by atoms with Crippen LogP contribution in [-0.4, -0.2) is 24.2 Å². The highest BCUT2D eigenvalue weighted by atomic mass is 32.2. The van der Waals surface area contributed by atoms with Gasteiger partial charge >= 0.3 is 0 Å². The van der Waals surface area contributed by atoms with Crippen molar-refractivity contribution >= 4 is 23.6 Å². The molecule has 0 aliphatic rings. The van der Waals surface area contributed by atoms with Crippen LogP contribution < -0.4 is 15.6 Å². The van der Waals surface area contributed by atoms with Crippen LogP contribution in [0.3, 0.4) is 0 Å². The molecule has 7 heteroatoms. The van der Waals surface area contributed by atoms with Gasteiger partial charge in [0.2, 0.25) is 5.91 Å². The van der Waals surface area contributed by atoms with Gasteiger partial charge in [0.15, 0.2) is 6.61 Å². The van der Waals surface area contributed by atoms with Crippen molar-refractivity contribution in [2.45, 2.75) is 18.7 Å². The minimum absolute atomic E-state index is 0.195. The van der Waals surface area contributed by atoms with Gasteiger partial charge in [-0.2, -0.15) is 5.26 Å². The van der Waals surface area contributed by atoms with Crippen molar-refractivity contribution in [1.82, 2.24) is 10.9 Å². The molecule has 0 heterocycles. The maximum Gasteiger partial charge on any atom is 0.276 e. The number of benzene rings is 2. The number of nitrogens with zero attached hydrogens (tertiary/aromatic N) is 1. The minimum Gasteiger partial charge on any atom is -0.484 e. The largest absolute Gasteiger partial charge is 0.484 e. The molecule has 2 aromatic carbocycles. The van der Waals surface area contributed by atoms with Gasteiger partial charge in [0.05, 0.1) is 17.4 Å². The average molecular weight is 369 g/mol. The Morgan fingerprint density at radius 1 is 1.08 bits per heavy atom. The van der Waals surface area contributed by atoms with Crippen molar-refractivity contribution in [2.24, 2.45) is 0 Å². The predicted octanol–water partition coefficient (Wildman–Crippen LogP) is 2.49. The zero-order valence-electron chi connectivity index (χ0n) is 14.5. The number of nitrogens with one attached hydrogen (secondary N) is 2. The van der Waals surface area contributed by atoms with Gasteiger partial charge in [-0.25, -0.2) is 0 Å². The summed E-state index contributed by atoms with van der Waals surface area (Å²) in [5.74, 6) is -0.113. The van der Waals surface area contributed by atoms with Crippen molar-refractivity contribution in [3.8, 4) is 11.8 Å². The van der Waals surface area contributed by atoms with Gasteiger partial charge in [-0.05, 0) is 49.7 Å². The number of hydrogen-bond donors (Lipinski definition) is 2. The normalized spacial score (nSPS) is 9.88. The number of thioether (sulfide) groups is 1. The summed E-state index contributed by atoms with van der Waals surface area (Å²) in [6.45, 7) is 3.77. The Labute approximate surface area is 156 Å². The highest BCUT2D eigenvalue weighted by molar-refractivity contribution is 8.00. The maximum atomic E-state index is 11.8. The number of nitriles is 1. The molecule has 0 atom stereocenters. The van der Waals surface area contributed by atoms with Crippen LogP contribution in [-0.2, 0) is 9.59 Å². The van der Waals surface area contributed by atoms with E-state index in [9.17, 15) is 9.59 Å². The molecule has 2 aromatic rings. The molecule has 2 amide bonds. The summed E-state index contributed by atoms with van der Waals surface area (Å²) in [7, 11) is 0. The third-order valence-electron chi connectivity index (χ3n) is 3.38. The molecule has 0 radical (unpaired) electrons. The minimum atomic E-state index is -0.473. The van der Waals surface area contributed by atoms with E-state index in [-0.39, 0.29) is 18.3 Å². The van der Waals surface area contributed by atoms with Crippen molar-refractivity contribution in [3.05, 3.63) is 59.2 Å². The summed E-state index contributed by atoms with van der Waals surface area (Å²) in [5, 5.41) is 8.72. The summed E-state index contributed by atoms with van der Waals surface area (Å²) < 4.78 is 5.28. The number of hydrazine groups is 1. The molecule has 0 unspecified atom stereocenters. The zero-order chi connectivity index (χ0) is 18.9. The quantitative estimate of drug-likeness (QED) is 0.603. The summed E-state index contributed by atoms with van der Waals surface area (Å²) in [6, 6.07) is 14.4. The van der Waals surface area contributed by atoms with Crippen molar-refractivity contribution < 1.29 is 14.3 Å². The molecule has 0 spiro atoms. The van der Waals surface area contributed by atoms with Gasteiger partial charge in [-0.3, -0.25) is 20.4 Å². The van der Waals surface area contributed by atoms with Crippen LogP contribution in [0.4, 0.5) is 0 Å². The van der Waals surface area contributed by atoms with E-state index < -0.39 is 5.91 Å². The van der Waals surface area contributed by atoms with E-state index in [4.69, 9.17) is 10.00 Å². The molecule has 0 fully saturated rings. The first-order valence-electron chi connectivity index (χ1n) is 7.88. The van der Waals surface area contributed by atoms with Crippen LogP contribution in [0.25, 0.3) is 0 Å². The lowest BCUT2D eigenvalue weighted by molar-refractivity contribution is -0.128. The first kappa shape index (κ1) is 19.3. The van der Waals surface area contributed by atoms with E-state index in [0.29, 0.717) is 11.3 Å². The topological polar surface area (TPSA) is 91.2 Å². The number of carbonyl (C=O) groups is 2. The Hall–Kier alpha value is -2.98. The molecule has 0 saturated heterocycles. The predicted molar refractivity (Wildman–Crippen MR) is 99.6 cm³/mol. The molecular formula is C19H19N3O3S. The number of rotatable bonds is 6. The molecule has 2 N–H and O–H groups in total. The van der Waals surface area contributed by atoms with Crippen LogP contribution >= 0.6 is 11.8 Å². The average Bonchev–Trinajstić information content (AvgIpc) is 2.64. The van der Waals surface area contributed by atoms with Gasteiger partial charge < -0.3 is 4.74 Å². The van der Waals surface area contributed by atoms with Gasteiger partial charge in [0.25, 0.3) is 5.91 Å². The highest BCUT2D eigenvalue weighted by Gasteiger charge is 2.08. The Morgan fingerprint density at radius 2 is 1.77 bits per heavy atom. The fourth-order valence-electron chi connectivity index (χ4n) is 2.09. The fourth-order valence-corrected chi connectivity index (χ4v) is 2.90. The lowest BCUT2D eigenvalue weighted by atomic mass is 10.2. The Bertz CT molecular complexity index is 829. The van der Waals surface area contributed by atoms with E-state index in [1.165, 1.54) is 17.3 Å². The third-order valence-corrected chi connectivity index (χ3v) is 4.56. The van der Waals surface area contributed by atoms with E-state index in [0.717, 1.165) is 10.5 Å². The summed E-state index contributed by atoms with van der Waals surface area (Å²) in [4.78, 5) is 24.6. The maximum absolute atomic E-state index is 11.8. The number of amides is 2. The van der Waals surface area contributed by atoms with Gasteiger partial charge in [-0.15, -0.1) is 11.8 Å². The summed E-state index contributed by atoms with van der Waals surface area (Å²) in [5.41, 5.74) is 7.46. The Balaban J connectivity index is 1.69. The monoisotopic (exact) mass is 369 g/mol. The molecule has 0 aromatic heterocycles. The highest BCUT2D eigenvalue weighted by Crippen LogP contribution is 2.22. The lowest BCUT2D eigenvalue weighted by Gasteiger charge is -2.09. The number of hydrogen-bond acceptors (Lipinski definition) is 5. The molecule has 2 rings (SSSR count). The number of ether oxygens (including phenoxy) is 1. The van der Waals surface area contributed by atoms with Gasteiger partial charge in [-0.1, -0.05) is 17.7 Å². The van der Waals surface area contributed by atoms with Crippen LogP contribution in [0.2, 0.25) is 0 Å². The van der Waals surface area contributed by atoms with Crippen LogP contribution in [0.15, 0.2) is 47.4 Å². The van der Waals surface area contributed by atoms with E-state index in [1.54, 1.807) is 24.3 Å². The van der Waals surface area contributed by atoms with Gasteiger partial charge in [0, 0.05) is 4.90 Å². The SMILES string of the molecule is Cc1ccc(SCC(=O)NNC(=O)COc2ccc(C#N)cc2)c(C)c1. The van der Waals surface area contributed by atoms with Crippen LogP contribution in [0.1, 0.15) is 16.7 Å². The van der Waals surface area contributed by atoms with E-state index in [2.05, 4.69) is 16.9 Å². The molecule has 0 saturated carbocycles. The van der Waals surface area contributed by atoms with Crippen molar-refractivity contribution in [3.63, 3.8) is 0 Å². The Kier molecular flexibility index (Phi) is 7.06. The van der Waals surface area contributed by atoms with E-state index in [1.807, 2.05) is 32.0 Å². The molecule has 0 aliphatic carbocycles. The molecule has 26 heavy (non-hydrogen) atoms.